The van der Waals surface area contributed by atoms with E-state index in [2.05, 4.69) is 0 Å². The van der Waals surface area contributed by atoms with E-state index >= 15 is 0 Å². The van der Waals surface area contributed by atoms with Crippen molar-refractivity contribution in [2.45, 2.75) is 19.9 Å². The van der Waals surface area contributed by atoms with Gasteiger partial charge in [-0.3, -0.25) is 4.79 Å². The number of rotatable bonds is 5. The number of methoxy groups -OCH3 is 1. The molecule has 1 unspecified atom stereocenters. The SMILES string of the molecule is COc1ccccc1C(C)N(C(=O)CCl)c1ccccc1C. The van der Waals surface area contributed by atoms with Gasteiger partial charge in [0.2, 0.25) is 5.91 Å². The second-order valence-corrected chi connectivity index (χ2v) is 5.37. The van der Waals surface area contributed by atoms with Crippen LogP contribution < -0.4 is 9.64 Å². The number of nitrogens with zero attached hydrogens (tertiary/aromatic N) is 1. The topological polar surface area (TPSA) is 29.5 Å². The van der Waals surface area contributed by atoms with Crippen LogP contribution in [-0.2, 0) is 4.79 Å². The minimum absolute atomic E-state index is 0.0617. The summed E-state index contributed by atoms with van der Waals surface area (Å²) < 4.78 is 5.43. The van der Waals surface area contributed by atoms with Gasteiger partial charge in [0.25, 0.3) is 0 Å². The summed E-state index contributed by atoms with van der Waals surface area (Å²) in [4.78, 5) is 14.2. The maximum absolute atomic E-state index is 12.4. The van der Waals surface area contributed by atoms with Crippen LogP contribution >= 0.6 is 11.6 Å². The van der Waals surface area contributed by atoms with Crippen molar-refractivity contribution >= 4 is 23.2 Å². The van der Waals surface area contributed by atoms with Crippen LogP contribution in [0.4, 0.5) is 5.69 Å². The zero-order chi connectivity index (χ0) is 16.1. The highest BCUT2D eigenvalue weighted by Crippen LogP contribution is 2.34. The van der Waals surface area contributed by atoms with Gasteiger partial charge in [-0.15, -0.1) is 11.6 Å². The molecule has 0 radical (unpaired) electrons. The first-order chi connectivity index (χ1) is 10.6. The van der Waals surface area contributed by atoms with E-state index in [9.17, 15) is 4.79 Å². The fraction of sp³-hybridized carbons (Fsp3) is 0.278. The Hall–Kier alpha value is -2.00. The monoisotopic (exact) mass is 317 g/mol. The summed E-state index contributed by atoms with van der Waals surface area (Å²) >= 11 is 5.83. The van der Waals surface area contributed by atoms with E-state index in [4.69, 9.17) is 16.3 Å². The second-order valence-electron chi connectivity index (χ2n) is 5.10. The molecule has 2 aromatic rings. The maximum Gasteiger partial charge on any atom is 0.242 e. The van der Waals surface area contributed by atoms with Crippen LogP contribution in [0.2, 0.25) is 0 Å². The number of carbonyl (C=O) groups excluding carboxylic acids is 1. The van der Waals surface area contributed by atoms with E-state index in [0.717, 1.165) is 22.6 Å². The highest BCUT2D eigenvalue weighted by molar-refractivity contribution is 6.29. The number of aryl methyl sites for hydroxylation is 1. The molecule has 3 nitrogen and oxygen atoms in total. The van der Waals surface area contributed by atoms with E-state index in [0.29, 0.717) is 0 Å². The van der Waals surface area contributed by atoms with Crippen molar-refractivity contribution in [1.29, 1.82) is 0 Å². The molecule has 0 aliphatic rings. The van der Waals surface area contributed by atoms with E-state index < -0.39 is 0 Å². The third kappa shape index (κ3) is 3.25. The minimum atomic E-state index is -0.177. The Bertz CT molecular complexity index is 657. The summed E-state index contributed by atoms with van der Waals surface area (Å²) in [6, 6.07) is 15.3. The zero-order valence-corrected chi connectivity index (χ0v) is 13.8. The molecule has 0 saturated carbocycles. The highest BCUT2D eigenvalue weighted by Gasteiger charge is 2.25. The van der Waals surface area contributed by atoms with Crippen molar-refractivity contribution in [2.24, 2.45) is 0 Å². The van der Waals surface area contributed by atoms with E-state index in [1.165, 1.54) is 0 Å². The van der Waals surface area contributed by atoms with Gasteiger partial charge in [-0.1, -0.05) is 36.4 Å². The van der Waals surface area contributed by atoms with Gasteiger partial charge in [-0.05, 0) is 31.5 Å². The number of benzene rings is 2. The lowest BCUT2D eigenvalue weighted by molar-refractivity contribution is -0.116. The number of hydrogen-bond acceptors (Lipinski definition) is 2. The predicted molar refractivity (Wildman–Crippen MR) is 90.8 cm³/mol. The first-order valence-corrected chi connectivity index (χ1v) is 7.70. The number of halogens is 1. The summed E-state index contributed by atoms with van der Waals surface area (Å²) in [5.41, 5.74) is 2.85. The van der Waals surface area contributed by atoms with Crippen LogP contribution in [0.3, 0.4) is 0 Å². The minimum Gasteiger partial charge on any atom is -0.496 e. The van der Waals surface area contributed by atoms with E-state index in [1.807, 2.05) is 62.4 Å². The van der Waals surface area contributed by atoms with Gasteiger partial charge in [-0.25, -0.2) is 0 Å². The highest BCUT2D eigenvalue weighted by atomic mass is 35.5. The molecule has 116 valence electrons. The Morgan fingerprint density at radius 2 is 1.82 bits per heavy atom. The summed E-state index contributed by atoms with van der Waals surface area (Å²) in [7, 11) is 1.63. The predicted octanol–water partition coefficient (Wildman–Crippen LogP) is 4.34. The molecule has 0 N–H and O–H groups in total. The molecule has 2 aromatic carbocycles. The molecule has 0 fully saturated rings. The molecule has 0 saturated heterocycles. The average molecular weight is 318 g/mol. The number of para-hydroxylation sites is 2. The number of anilines is 1. The molecular weight excluding hydrogens is 298 g/mol. The molecule has 2 rings (SSSR count). The van der Waals surface area contributed by atoms with Crippen molar-refractivity contribution < 1.29 is 9.53 Å². The molecule has 1 atom stereocenters. The van der Waals surface area contributed by atoms with Crippen LogP contribution in [0.15, 0.2) is 48.5 Å². The Morgan fingerprint density at radius 1 is 1.18 bits per heavy atom. The largest absolute Gasteiger partial charge is 0.496 e. The number of ether oxygens (including phenoxy) is 1. The summed E-state index contributed by atoms with van der Waals surface area (Å²) in [5.74, 6) is 0.568. The lowest BCUT2D eigenvalue weighted by Gasteiger charge is -2.31. The Labute approximate surface area is 136 Å². The molecule has 22 heavy (non-hydrogen) atoms. The zero-order valence-electron chi connectivity index (χ0n) is 13.0. The summed E-state index contributed by atoms with van der Waals surface area (Å²) in [6.45, 7) is 3.97. The molecule has 0 bridgehead atoms. The molecule has 0 aliphatic carbocycles. The van der Waals surface area contributed by atoms with Crippen LogP contribution in [0.1, 0.15) is 24.1 Å². The van der Waals surface area contributed by atoms with Gasteiger partial charge < -0.3 is 9.64 Å². The van der Waals surface area contributed by atoms with Crippen LogP contribution in [-0.4, -0.2) is 18.9 Å². The second kappa shape index (κ2) is 7.32. The molecule has 0 spiro atoms. The quantitative estimate of drug-likeness (QED) is 0.768. The van der Waals surface area contributed by atoms with Crippen molar-refractivity contribution in [3.63, 3.8) is 0 Å². The fourth-order valence-electron chi connectivity index (χ4n) is 2.61. The Balaban J connectivity index is 2.50. The van der Waals surface area contributed by atoms with E-state index in [-0.39, 0.29) is 17.8 Å². The first-order valence-electron chi connectivity index (χ1n) is 7.16. The summed E-state index contributed by atoms with van der Waals surface area (Å²) in [5, 5.41) is 0. The lowest BCUT2D eigenvalue weighted by atomic mass is 10.0. The first kappa shape index (κ1) is 16.4. The third-order valence-electron chi connectivity index (χ3n) is 3.73. The Kier molecular flexibility index (Phi) is 5.45. The van der Waals surface area contributed by atoms with Crippen LogP contribution in [0.25, 0.3) is 0 Å². The van der Waals surface area contributed by atoms with Gasteiger partial charge in [0.1, 0.15) is 11.6 Å². The average Bonchev–Trinajstić information content (AvgIpc) is 2.56. The molecule has 0 heterocycles. The van der Waals surface area contributed by atoms with Gasteiger partial charge in [0.15, 0.2) is 0 Å². The summed E-state index contributed by atoms with van der Waals surface area (Å²) in [6.07, 6.45) is 0. The normalized spacial score (nSPS) is 11.8. The molecule has 1 amide bonds. The van der Waals surface area contributed by atoms with Gasteiger partial charge >= 0.3 is 0 Å². The lowest BCUT2D eigenvalue weighted by Crippen LogP contribution is -2.35. The molecule has 0 aromatic heterocycles. The van der Waals surface area contributed by atoms with Crippen molar-refractivity contribution in [1.82, 2.24) is 0 Å². The third-order valence-corrected chi connectivity index (χ3v) is 3.96. The number of carbonyl (C=O) groups is 1. The van der Waals surface area contributed by atoms with Crippen molar-refractivity contribution in [3.8, 4) is 5.75 Å². The molecule has 4 heteroatoms. The number of alkyl halides is 1. The van der Waals surface area contributed by atoms with Gasteiger partial charge in [-0.2, -0.15) is 0 Å². The molecular formula is C18H20ClNO2. The number of amides is 1. The van der Waals surface area contributed by atoms with E-state index in [1.54, 1.807) is 12.0 Å². The fourth-order valence-corrected chi connectivity index (χ4v) is 2.74. The van der Waals surface area contributed by atoms with Crippen LogP contribution in [0, 0.1) is 6.92 Å². The number of hydrogen-bond donors (Lipinski definition) is 0. The van der Waals surface area contributed by atoms with Gasteiger partial charge in [0.05, 0.1) is 13.2 Å². The smallest absolute Gasteiger partial charge is 0.242 e. The van der Waals surface area contributed by atoms with Crippen LogP contribution in [0.5, 0.6) is 5.75 Å². The Morgan fingerprint density at radius 3 is 2.45 bits per heavy atom. The van der Waals surface area contributed by atoms with Crippen molar-refractivity contribution in [2.75, 3.05) is 17.9 Å². The van der Waals surface area contributed by atoms with Crippen molar-refractivity contribution in [3.05, 3.63) is 59.7 Å². The maximum atomic E-state index is 12.4. The van der Waals surface area contributed by atoms with Gasteiger partial charge in [0, 0.05) is 11.3 Å². The standard InChI is InChI=1S/C18H20ClNO2/c1-13-8-4-6-10-16(13)20(18(21)12-19)14(2)15-9-5-7-11-17(15)22-3/h4-11,14H,12H2,1-3H3. The molecule has 0 aliphatic heterocycles.